The van der Waals surface area contributed by atoms with E-state index in [0.29, 0.717) is 5.92 Å². The van der Waals surface area contributed by atoms with Crippen molar-refractivity contribution in [3.8, 4) is 0 Å². The van der Waals surface area contributed by atoms with Gasteiger partial charge in [-0.15, -0.1) is 11.3 Å². The van der Waals surface area contributed by atoms with Crippen molar-refractivity contribution in [1.29, 1.82) is 0 Å². The molecule has 1 fully saturated rings. The van der Waals surface area contributed by atoms with Crippen molar-refractivity contribution in [3.05, 3.63) is 20.8 Å². The zero-order valence-electron chi connectivity index (χ0n) is 8.29. The second-order valence-corrected chi connectivity index (χ2v) is 6.39. The van der Waals surface area contributed by atoms with Crippen molar-refractivity contribution >= 4 is 27.3 Å². The standard InChI is InChI=1S/C11H15BrOS/c1-8-2-3-11(13,5-8)6-10-4-9(12)7-14-10/h4,7-8,13H,2-3,5-6H2,1H3. The number of halogens is 1. The smallest absolute Gasteiger partial charge is 0.0698 e. The van der Waals surface area contributed by atoms with Crippen LogP contribution in [0.15, 0.2) is 15.9 Å². The van der Waals surface area contributed by atoms with E-state index in [1.54, 1.807) is 11.3 Å². The van der Waals surface area contributed by atoms with E-state index < -0.39 is 5.60 Å². The molecule has 1 aromatic heterocycles. The molecule has 0 amide bonds. The molecular formula is C11H15BrOS. The minimum Gasteiger partial charge on any atom is -0.390 e. The highest BCUT2D eigenvalue weighted by atomic mass is 79.9. The van der Waals surface area contributed by atoms with Crippen molar-refractivity contribution in [2.75, 3.05) is 0 Å². The van der Waals surface area contributed by atoms with E-state index in [9.17, 15) is 5.11 Å². The van der Waals surface area contributed by atoms with Crippen LogP contribution < -0.4 is 0 Å². The molecule has 1 N–H and O–H groups in total. The van der Waals surface area contributed by atoms with Crippen molar-refractivity contribution < 1.29 is 5.11 Å². The summed E-state index contributed by atoms with van der Waals surface area (Å²) in [6.07, 6.45) is 3.92. The van der Waals surface area contributed by atoms with Crippen LogP contribution in [-0.2, 0) is 6.42 Å². The topological polar surface area (TPSA) is 20.2 Å². The predicted molar refractivity (Wildman–Crippen MR) is 63.7 cm³/mol. The van der Waals surface area contributed by atoms with E-state index in [0.717, 1.165) is 23.7 Å². The van der Waals surface area contributed by atoms with Gasteiger partial charge in [0.2, 0.25) is 0 Å². The molecule has 3 heteroatoms. The summed E-state index contributed by atoms with van der Waals surface area (Å²) in [5.41, 5.74) is -0.427. The lowest BCUT2D eigenvalue weighted by Crippen LogP contribution is -2.27. The van der Waals surface area contributed by atoms with Crippen molar-refractivity contribution in [3.63, 3.8) is 0 Å². The van der Waals surface area contributed by atoms with Crippen molar-refractivity contribution in [2.24, 2.45) is 5.92 Å². The first-order chi connectivity index (χ1) is 6.57. The van der Waals surface area contributed by atoms with Crippen LogP contribution in [0, 0.1) is 5.92 Å². The fourth-order valence-electron chi connectivity index (χ4n) is 2.30. The number of aliphatic hydroxyl groups is 1. The molecule has 2 rings (SSSR count). The lowest BCUT2D eigenvalue weighted by atomic mass is 9.96. The van der Waals surface area contributed by atoms with Gasteiger partial charge in [-0.3, -0.25) is 0 Å². The Hall–Kier alpha value is 0.140. The lowest BCUT2D eigenvalue weighted by molar-refractivity contribution is 0.0454. The van der Waals surface area contributed by atoms with Gasteiger partial charge in [0.05, 0.1) is 5.60 Å². The molecule has 2 atom stereocenters. The van der Waals surface area contributed by atoms with Crippen LogP contribution in [-0.4, -0.2) is 10.7 Å². The summed E-state index contributed by atoms with van der Waals surface area (Å²) < 4.78 is 1.13. The van der Waals surface area contributed by atoms with Crippen LogP contribution in [0.1, 0.15) is 31.1 Å². The van der Waals surface area contributed by atoms with Gasteiger partial charge < -0.3 is 5.11 Å². The second kappa shape index (κ2) is 3.95. The molecule has 0 aliphatic heterocycles. The van der Waals surface area contributed by atoms with Gasteiger partial charge in [0, 0.05) is 21.2 Å². The third-order valence-electron chi connectivity index (χ3n) is 2.96. The van der Waals surface area contributed by atoms with Crippen LogP contribution in [0.3, 0.4) is 0 Å². The molecule has 1 aromatic rings. The molecule has 1 aliphatic rings. The first kappa shape index (κ1) is 10.7. The molecule has 0 bridgehead atoms. The van der Waals surface area contributed by atoms with Crippen LogP contribution in [0.2, 0.25) is 0 Å². The van der Waals surface area contributed by atoms with Gasteiger partial charge in [0.1, 0.15) is 0 Å². The molecule has 1 aliphatic carbocycles. The van der Waals surface area contributed by atoms with Gasteiger partial charge in [0.25, 0.3) is 0 Å². The highest BCUT2D eigenvalue weighted by Crippen LogP contribution is 2.37. The third-order valence-corrected chi connectivity index (χ3v) is 4.65. The van der Waals surface area contributed by atoms with Gasteiger partial charge in [0.15, 0.2) is 0 Å². The second-order valence-electron chi connectivity index (χ2n) is 4.48. The lowest BCUT2D eigenvalue weighted by Gasteiger charge is -2.21. The molecule has 1 heterocycles. The van der Waals surface area contributed by atoms with Gasteiger partial charge in [-0.2, -0.15) is 0 Å². The zero-order valence-corrected chi connectivity index (χ0v) is 10.7. The number of rotatable bonds is 2. The van der Waals surface area contributed by atoms with Crippen molar-refractivity contribution in [2.45, 2.75) is 38.2 Å². The molecule has 14 heavy (non-hydrogen) atoms. The predicted octanol–water partition coefficient (Wildman–Crippen LogP) is 3.60. The highest BCUT2D eigenvalue weighted by Gasteiger charge is 2.35. The quantitative estimate of drug-likeness (QED) is 0.874. The Kier molecular flexibility index (Phi) is 3.01. The van der Waals surface area contributed by atoms with Crippen LogP contribution in [0.5, 0.6) is 0 Å². The summed E-state index contributed by atoms with van der Waals surface area (Å²) in [5, 5.41) is 12.4. The summed E-state index contributed by atoms with van der Waals surface area (Å²) in [7, 11) is 0. The summed E-state index contributed by atoms with van der Waals surface area (Å²) in [4.78, 5) is 1.29. The Labute approximate surface area is 97.3 Å². The summed E-state index contributed by atoms with van der Waals surface area (Å²) in [5.74, 6) is 0.684. The maximum absolute atomic E-state index is 10.3. The SMILES string of the molecule is CC1CCC(O)(Cc2cc(Br)cs2)C1. The maximum atomic E-state index is 10.3. The first-order valence-electron chi connectivity index (χ1n) is 5.03. The third kappa shape index (κ3) is 2.38. The zero-order chi connectivity index (χ0) is 10.2. The van der Waals surface area contributed by atoms with E-state index >= 15 is 0 Å². The van der Waals surface area contributed by atoms with Crippen LogP contribution in [0.4, 0.5) is 0 Å². The van der Waals surface area contributed by atoms with E-state index in [2.05, 4.69) is 34.3 Å². The molecule has 0 aromatic carbocycles. The fourth-order valence-corrected chi connectivity index (χ4v) is 3.89. The Morgan fingerprint density at radius 3 is 3.00 bits per heavy atom. The minimum atomic E-state index is -0.427. The average molecular weight is 275 g/mol. The largest absolute Gasteiger partial charge is 0.390 e. The van der Waals surface area contributed by atoms with Gasteiger partial charge >= 0.3 is 0 Å². The summed E-state index contributed by atoms with van der Waals surface area (Å²) >= 11 is 5.17. The molecule has 0 radical (unpaired) electrons. The Morgan fingerprint density at radius 1 is 1.71 bits per heavy atom. The van der Waals surface area contributed by atoms with E-state index in [-0.39, 0.29) is 0 Å². The van der Waals surface area contributed by atoms with Gasteiger partial charge in [-0.05, 0) is 47.2 Å². The van der Waals surface area contributed by atoms with Gasteiger partial charge in [-0.25, -0.2) is 0 Å². The highest BCUT2D eigenvalue weighted by molar-refractivity contribution is 9.10. The Bertz CT molecular complexity index is 323. The minimum absolute atomic E-state index is 0.427. The van der Waals surface area contributed by atoms with Crippen LogP contribution in [0.25, 0.3) is 0 Å². The fraction of sp³-hybridized carbons (Fsp3) is 0.636. The molecule has 0 saturated heterocycles. The van der Waals surface area contributed by atoms with Crippen molar-refractivity contribution in [1.82, 2.24) is 0 Å². The number of thiophene rings is 1. The maximum Gasteiger partial charge on any atom is 0.0698 e. The average Bonchev–Trinajstić information content (AvgIpc) is 2.60. The molecule has 1 nitrogen and oxygen atoms in total. The Morgan fingerprint density at radius 2 is 2.50 bits per heavy atom. The number of hydrogen-bond acceptors (Lipinski definition) is 2. The number of hydrogen-bond donors (Lipinski definition) is 1. The Balaban J connectivity index is 2.03. The van der Waals surface area contributed by atoms with Crippen LogP contribution >= 0.6 is 27.3 Å². The van der Waals surface area contributed by atoms with E-state index in [1.165, 1.54) is 11.3 Å². The molecular weight excluding hydrogens is 260 g/mol. The monoisotopic (exact) mass is 274 g/mol. The summed E-state index contributed by atoms with van der Waals surface area (Å²) in [6, 6.07) is 2.12. The van der Waals surface area contributed by atoms with Gasteiger partial charge in [-0.1, -0.05) is 6.92 Å². The summed E-state index contributed by atoms with van der Waals surface area (Å²) in [6.45, 7) is 2.22. The van der Waals surface area contributed by atoms with E-state index in [1.807, 2.05) is 0 Å². The molecule has 2 unspecified atom stereocenters. The normalized spacial score (nSPS) is 32.4. The van der Waals surface area contributed by atoms with E-state index in [4.69, 9.17) is 0 Å². The molecule has 0 spiro atoms. The molecule has 78 valence electrons. The molecule has 1 saturated carbocycles. The first-order valence-corrected chi connectivity index (χ1v) is 6.70.